The molecular formula is C32H28Cl2N4O3. The molecule has 3 N–H and O–H groups in total. The lowest BCUT2D eigenvalue weighted by atomic mass is 9.96. The minimum Gasteiger partial charge on any atom is -0.477 e. The molecule has 0 aliphatic carbocycles. The largest absolute Gasteiger partial charge is 0.477 e. The molecule has 0 radical (unpaired) electrons. The maximum Gasteiger partial charge on any atom is 0.354 e. The fraction of sp³-hybridized carbons (Fsp3) is 0.188. The van der Waals surface area contributed by atoms with Crippen LogP contribution >= 0.6 is 23.2 Å². The van der Waals surface area contributed by atoms with Gasteiger partial charge in [0.15, 0.2) is 5.69 Å². The number of carbonyl (C=O) groups is 2. The Hall–Kier alpha value is -4.20. The van der Waals surface area contributed by atoms with E-state index >= 15 is 0 Å². The predicted molar refractivity (Wildman–Crippen MR) is 162 cm³/mol. The molecule has 2 aromatic heterocycles. The number of fused-ring (bicyclic) bond motifs is 1. The van der Waals surface area contributed by atoms with Crippen LogP contribution < -0.4 is 5.32 Å². The van der Waals surface area contributed by atoms with Gasteiger partial charge in [0.2, 0.25) is 0 Å². The van der Waals surface area contributed by atoms with Crippen molar-refractivity contribution in [3.8, 4) is 11.1 Å². The van der Waals surface area contributed by atoms with E-state index in [9.17, 15) is 14.7 Å². The van der Waals surface area contributed by atoms with Crippen molar-refractivity contribution in [2.75, 3.05) is 6.54 Å². The molecule has 1 atom stereocenters. The second kappa shape index (κ2) is 11.7. The zero-order valence-electron chi connectivity index (χ0n) is 22.8. The van der Waals surface area contributed by atoms with Gasteiger partial charge in [-0.15, -0.1) is 0 Å². The predicted octanol–water partition coefficient (Wildman–Crippen LogP) is 7.37. The number of hydrogen-bond donors (Lipinski definition) is 3. The number of benzene rings is 3. The number of aryl methyl sites for hydroxylation is 2. The third-order valence-electron chi connectivity index (χ3n) is 7.31. The molecule has 3 aromatic carbocycles. The first-order valence-electron chi connectivity index (χ1n) is 13.2. The second-order valence-electron chi connectivity index (χ2n) is 9.91. The third-order valence-corrected chi connectivity index (χ3v) is 7.90. The van der Waals surface area contributed by atoms with E-state index in [1.807, 2.05) is 37.3 Å². The Bertz CT molecular complexity index is 1720. The lowest BCUT2D eigenvalue weighted by Gasteiger charge is -2.18. The highest BCUT2D eigenvalue weighted by Crippen LogP contribution is 2.34. The Morgan fingerprint density at radius 3 is 2.34 bits per heavy atom. The molecule has 2 heterocycles. The molecule has 0 aliphatic heterocycles. The average Bonchev–Trinajstić information content (AvgIpc) is 3.35. The van der Waals surface area contributed by atoms with Crippen LogP contribution in [-0.4, -0.2) is 38.5 Å². The quantitative estimate of drug-likeness (QED) is 0.176. The van der Waals surface area contributed by atoms with Crippen LogP contribution in [0.3, 0.4) is 0 Å². The number of nitrogens with one attached hydrogen (secondary N) is 2. The summed E-state index contributed by atoms with van der Waals surface area (Å²) in [6, 6.07) is 18.9. The van der Waals surface area contributed by atoms with E-state index in [-0.39, 0.29) is 33.8 Å². The van der Waals surface area contributed by atoms with Crippen LogP contribution in [0.2, 0.25) is 10.0 Å². The number of rotatable bonds is 8. The summed E-state index contributed by atoms with van der Waals surface area (Å²) >= 11 is 13.2. The topological polar surface area (TPSA) is 108 Å². The number of carboxylic acids is 1. The first kappa shape index (κ1) is 28.3. The van der Waals surface area contributed by atoms with E-state index in [0.29, 0.717) is 23.1 Å². The van der Waals surface area contributed by atoms with Crippen molar-refractivity contribution in [1.29, 1.82) is 0 Å². The van der Waals surface area contributed by atoms with E-state index in [0.717, 1.165) is 28.0 Å². The highest BCUT2D eigenvalue weighted by molar-refractivity contribution is 6.40. The Morgan fingerprint density at radius 1 is 1.00 bits per heavy atom. The van der Waals surface area contributed by atoms with E-state index in [2.05, 4.69) is 41.3 Å². The Kier molecular flexibility index (Phi) is 8.10. The van der Waals surface area contributed by atoms with Crippen molar-refractivity contribution in [2.24, 2.45) is 0 Å². The van der Waals surface area contributed by atoms with Crippen LogP contribution in [0.4, 0.5) is 0 Å². The van der Waals surface area contributed by atoms with Crippen molar-refractivity contribution in [3.05, 3.63) is 116 Å². The van der Waals surface area contributed by atoms with Crippen molar-refractivity contribution in [3.63, 3.8) is 0 Å². The molecule has 0 saturated carbocycles. The highest BCUT2D eigenvalue weighted by Gasteiger charge is 2.23. The van der Waals surface area contributed by atoms with Gasteiger partial charge in [-0.05, 0) is 84.0 Å². The minimum atomic E-state index is -1.11. The maximum atomic E-state index is 13.4. The number of aromatic nitrogens is 3. The number of halogens is 2. The van der Waals surface area contributed by atoms with Gasteiger partial charge in [0.25, 0.3) is 5.91 Å². The third kappa shape index (κ3) is 5.69. The van der Waals surface area contributed by atoms with Gasteiger partial charge in [-0.2, -0.15) is 0 Å². The standard InChI is InChI=1S/C32H28Cl2N4O3/c1-4-21-22(10-11-35-29(21)32(40)41)20-14-24(33)28(25(34)15-20)31(39)36-16-23(19-8-6-5-7-9-19)30-37-26-12-17(2)18(3)13-27(26)38-30/h5-15,23H,4,16H2,1-3H3,(H,36,39)(H,37,38)(H,40,41). The number of nitrogens with zero attached hydrogens (tertiary/aromatic N) is 2. The smallest absolute Gasteiger partial charge is 0.354 e. The van der Waals surface area contributed by atoms with Crippen molar-refractivity contribution in [1.82, 2.24) is 20.3 Å². The van der Waals surface area contributed by atoms with Gasteiger partial charge in [0.1, 0.15) is 5.82 Å². The molecule has 7 nitrogen and oxygen atoms in total. The van der Waals surface area contributed by atoms with Gasteiger partial charge in [-0.3, -0.25) is 4.79 Å². The second-order valence-corrected chi connectivity index (χ2v) is 10.7. The summed E-state index contributed by atoms with van der Waals surface area (Å²) in [7, 11) is 0. The summed E-state index contributed by atoms with van der Waals surface area (Å²) in [5, 5.41) is 12.9. The van der Waals surface area contributed by atoms with Gasteiger partial charge in [-0.1, -0.05) is 60.5 Å². The number of H-pyrrole nitrogens is 1. The van der Waals surface area contributed by atoms with Crippen molar-refractivity contribution in [2.45, 2.75) is 33.1 Å². The molecule has 41 heavy (non-hydrogen) atoms. The molecule has 0 bridgehead atoms. The van der Waals surface area contributed by atoms with Crippen LogP contribution in [0.15, 0.2) is 66.9 Å². The highest BCUT2D eigenvalue weighted by atomic mass is 35.5. The summed E-state index contributed by atoms with van der Waals surface area (Å²) in [6.45, 7) is 6.22. The van der Waals surface area contributed by atoms with E-state index in [4.69, 9.17) is 28.2 Å². The molecule has 0 saturated heterocycles. The summed E-state index contributed by atoms with van der Waals surface area (Å²) in [4.78, 5) is 37.4. The zero-order valence-corrected chi connectivity index (χ0v) is 24.3. The van der Waals surface area contributed by atoms with Crippen molar-refractivity contribution < 1.29 is 14.7 Å². The molecule has 208 valence electrons. The summed E-state index contributed by atoms with van der Waals surface area (Å²) < 4.78 is 0. The molecular weight excluding hydrogens is 559 g/mol. The Morgan fingerprint density at radius 2 is 1.68 bits per heavy atom. The van der Waals surface area contributed by atoms with Crippen molar-refractivity contribution >= 4 is 46.1 Å². The Balaban J connectivity index is 1.45. The molecule has 5 rings (SSSR count). The minimum absolute atomic E-state index is 0.0260. The number of carbonyl (C=O) groups excluding carboxylic acids is 1. The van der Waals surface area contributed by atoms with Crippen LogP contribution in [0, 0.1) is 13.8 Å². The lowest BCUT2D eigenvalue weighted by molar-refractivity contribution is 0.0689. The first-order chi connectivity index (χ1) is 19.7. The van der Waals surface area contributed by atoms with E-state index in [1.165, 1.54) is 11.8 Å². The molecule has 0 spiro atoms. The fourth-order valence-electron chi connectivity index (χ4n) is 5.05. The molecule has 0 aliphatic rings. The van der Waals surface area contributed by atoms with Gasteiger partial charge >= 0.3 is 5.97 Å². The lowest BCUT2D eigenvalue weighted by Crippen LogP contribution is -2.29. The molecule has 1 unspecified atom stereocenters. The molecule has 5 aromatic rings. The fourth-order valence-corrected chi connectivity index (χ4v) is 5.70. The van der Waals surface area contributed by atoms with E-state index in [1.54, 1.807) is 18.2 Å². The van der Waals surface area contributed by atoms with Gasteiger partial charge in [0.05, 0.1) is 32.6 Å². The SMILES string of the molecule is CCc1c(-c2cc(Cl)c(C(=O)NCC(c3ccccc3)c3nc4cc(C)c(C)cc4[nH]3)c(Cl)c2)ccnc1C(=O)O. The van der Waals surface area contributed by atoms with Crippen LogP contribution in [0.25, 0.3) is 22.2 Å². The summed E-state index contributed by atoms with van der Waals surface area (Å²) in [6.07, 6.45) is 1.88. The monoisotopic (exact) mass is 586 g/mol. The van der Waals surface area contributed by atoms with Crippen LogP contribution in [0.5, 0.6) is 0 Å². The molecule has 0 fully saturated rings. The number of aromatic carboxylic acids is 1. The number of carboxylic acid groups (broad SMARTS) is 1. The normalized spacial score (nSPS) is 11.9. The average molecular weight is 588 g/mol. The number of amides is 1. The molecule has 9 heteroatoms. The first-order valence-corrected chi connectivity index (χ1v) is 13.9. The summed E-state index contributed by atoms with van der Waals surface area (Å²) in [5.41, 5.74) is 7.05. The van der Waals surface area contributed by atoms with E-state index < -0.39 is 11.9 Å². The molecule has 1 amide bonds. The van der Waals surface area contributed by atoms with Gasteiger partial charge < -0.3 is 15.4 Å². The van der Waals surface area contributed by atoms with Gasteiger partial charge in [0, 0.05) is 12.7 Å². The number of aromatic amines is 1. The number of pyridine rings is 1. The number of imidazole rings is 1. The Labute approximate surface area is 247 Å². The maximum absolute atomic E-state index is 13.4. The number of hydrogen-bond acceptors (Lipinski definition) is 4. The zero-order chi connectivity index (χ0) is 29.3. The van der Waals surface area contributed by atoms with Gasteiger partial charge in [-0.25, -0.2) is 14.8 Å². The van der Waals surface area contributed by atoms with Crippen LogP contribution in [-0.2, 0) is 6.42 Å². The summed E-state index contributed by atoms with van der Waals surface area (Å²) in [5.74, 6) is -1.04. The van der Waals surface area contributed by atoms with Crippen LogP contribution in [0.1, 0.15) is 61.8 Å².